The molecule has 1 heterocycles. The number of carbonyl (C=O) groups is 4. The molecule has 170 valence electrons. The summed E-state index contributed by atoms with van der Waals surface area (Å²) in [5.41, 5.74) is 1.08. The van der Waals surface area contributed by atoms with Crippen molar-refractivity contribution < 1.29 is 48.0 Å². The average Bonchev–Trinajstić information content (AvgIpc) is 2.65. The van der Waals surface area contributed by atoms with Gasteiger partial charge in [-0.05, 0) is 6.92 Å². The zero-order chi connectivity index (χ0) is 23.3. The Kier molecular flexibility index (Phi) is 7.75. The molecule has 0 amide bonds. The van der Waals surface area contributed by atoms with Gasteiger partial charge in [-0.25, -0.2) is 0 Å². The first kappa shape index (κ1) is 24.3. The highest BCUT2D eigenvalue weighted by Gasteiger charge is 2.60. The molecule has 2 rings (SSSR count). The molecule has 0 unspecified atom stereocenters. The van der Waals surface area contributed by atoms with Gasteiger partial charge < -0.3 is 28.8 Å². The molecule has 10 nitrogen and oxygen atoms in total. The zero-order valence-electron chi connectivity index (χ0n) is 17.9. The summed E-state index contributed by atoms with van der Waals surface area (Å²) < 4.78 is 26.7. The molecule has 1 aromatic rings. The molecule has 0 aliphatic carbocycles. The predicted octanol–water partition coefficient (Wildman–Crippen LogP) is 0.897. The molecule has 0 aromatic heterocycles. The minimum absolute atomic E-state index is 0.190. The van der Waals surface area contributed by atoms with Crippen LogP contribution in [0.1, 0.15) is 38.8 Å². The minimum atomic E-state index is -2.30. The number of ether oxygens (including phenoxy) is 5. The number of carbonyl (C=O) groups excluding carboxylic acids is 4. The summed E-state index contributed by atoms with van der Waals surface area (Å²) in [5, 5.41) is 11.5. The second-order valence-corrected chi connectivity index (χ2v) is 7.20. The fourth-order valence-electron chi connectivity index (χ4n) is 3.31. The first-order chi connectivity index (χ1) is 14.4. The molecule has 0 radical (unpaired) electrons. The lowest BCUT2D eigenvalue weighted by Gasteiger charge is -2.48. The lowest BCUT2D eigenvalue weighted by molar-refractivity contribution is -0.360. The number of esters is 4. The Hall–Kier alpha value is -2.98. The van der Waals surface area contributed by atoms with E-state index in [0.29, 0.717) is 0 Å². The highest BCUT2D eigenvalue weighted by atomic mass is 16.7. The van der Waals surface area contributed by atoms with Gasteiger partial charge in [-0.3, -0.25) is 19.2 Å². The van der Waals surface area contributed by atoms with E-state index in [1.807, 2.05) is 6.92 Å². The van der Waals surface area contributed by atoms with E-state index < -0.39 is 60.7 Å². The van der Waals surface area contributed by atoms with Crippen LogP contribution in [0.4, 0.5) is 0 Å². The van der Waals surface area contributed by atoms with Crippen LogP contribution in [0, 0.1) is 6.92 Å². The monoisotopic (exact) mass is 438 g/mol. The number of rotatable bonds is 6. The standard InChI is InChI=1S/C21H26O10/c1-11-6-8-16(9-7-11)21(26)20(30-15(5)25)19(29-14(4)24)18(28-13(3)23)17(31-21)10-27-12(2)22/h6-9,17-20,26H,10H2,1-5H3/t17-,18-,19+,20-,21-/m1/s1. The molecule has 31 heavy (non-hydrogen) atoms. The van der Waals surface area contributed by atoms with E-state index in [1.54, 1.807) is 24.3 Å². The molecule has 0 spiro atoms. The lowest BCUT2D eigenvalue weighted by atomic mass is 9.87. The Morgan fingerprint density at radius 1 is 0.871 bits per heavy atom. The summed E-state index contributed by atoms with van der Waals surface area (Å²) in [5.74, 6) is -5.27. The third-order valence-electron chi connectivity index (χ3n) is 4.52. The fourth-order valence-corrected chi connectivity index (χ4v) is 3.31. The van der Waals surface area contributed by atoms with Gasteiger partial charge in [0.1, 0.15) is 12.7 Å². The second kappa shape index (κ2) is 9.88. The van der Waals surface area contributed by atoms with Crippen LogP contribution in [0.5, 0.6) is 0 Å². The zero-order valence-corrected chi connectivity index (χ0v) is 17.9. The minimum Gasteiger partial charge on any atom is -0.463 e. The maximum Gasteiger partial charge on any atom is 0.303 e. The van der Waals surface area contributed by atoms with Crippen LogP contribution >= 0.6 is 0 Å². The van der Waals surface area contributed by atoms with Crippen molar-refractivity contribution in [2.45, 2.75) is 64.8 Å². The Labute approximate surface area is 179 Å². The molecule has 1 aromatic carbocycles. The molecule has 1 saturated heterocycles. The molecule has 5 atom stereocenters. The molecular formula is C21H26O10. The van der Waals surface area contributed by atoms with Crippen molar-refractivity contribution in [2.75, 3.05) is 6.61 Å². The fraction of sp³-hybridized carbons (Fsp3) is 0.524. The van der Waals surface area contributed by atoms with E-state index in [9.17, 15) is 24.3 Å². The van der Waals surface area contributed by atoms with E-state index in [2.05, 4.69) is 0 Å². The van der Waals surface area contributed by atoms with E-state index in [0.717, 1.165) is 26.3 Å². The van der Waals surface area contributed by atoms with Gasteiger partial charge >= 0.3 is 23.9 Å². The Morgan fingerprint density at radius 3 is 1.87 bits per heavy atom. The topological polar surface area (TPSA) is 135 Å². The van der Waals surface area contributed by atoms with E-state index in [1.165, 1.54) is 6.92 Å². The van der Waals surface area contributed by atoms with Crippen LogP contribution in [0.2, 0.25) is 0 Å². The normalized spacial score (nSPS) is 27.7. The molecule has 10 heteroatoms. The predicted molar refractivity (Wildman–Crippen MR) is 103 cm³/mol. The second-order valence-electron chi connectivity index (χ2n) is 7.20. The van der Waals surface area contributed by atoms with Gasteiger partial charge in [0.15, 0.2) is 12.2 Å². The van der Waals surface area contributed by atoms with Crippen molar-refractivity contribution in [3.63, 3.8) is 0 Å². The first-order valence-corrected chi connectivity index (χ1v) is 9.56. The smallest absolute Gasteiger partial charge is 0.303 e. The van der Waals surface area contributed by atoms with Crippen molar-refractivity contribution in [1.82, 2.24) is 0 Å². The Bertz CT molecular complexity index is 833. The molecule has 1 aliphatic rings. The summed E-state index contributed by atoms with van der Waals surface area (Å²) in [6.07, 6.45) is -5.62. The van der Waals surface area contributed by atoms with Crippen molar-refractivity contribution in [3.05, 3.63) is 35.4 Å². The summed E-state index contributed by atoms with van der Waals surface area (Å²) in [4.78, 5) is 46.7. The van der Waals surface area contributed by atoms with Gasteiger partial charge in [-0.15, -0.1) is 0 Å². The molecule has 1 fully saturated rings. The van der Waals surface area contributed by atoms with Gasteiger partial charge in [0.25, 0.3) is 0 Å². The number of aliphatic hydroxyl groups is 1. The van der Waals surface area contributed by atoms with Crippen molar-refractivity contribution in [2.24, 2.45) is 0 Å². The average molecular weight is 438 g/mol. The van der Waals surface area contributed by atoms with Crippen LogP contribution in [-0.2, 0) is 48.6 Å². The van der Waals surface area contributed by atoms with Crippen LogP contribution in [-0.4, -0.2) is 60.0 Å². The maximum absolute atomic E-state index is 11.8. The van der Waals surface area contributed by atoms with E-state index >= 15 is 0 Å². The summed E-state index contributed by atoms with van der Waals surface area (Å²) >= 11 is 0. The number of aryl methyl sites for hydroxylation is 1. The van der Waals surface area contributed by atoms with Crippen LogP contribution < -0.4 is 0 Å². The molecular weight excluding hydrogens is 412 g/mol. The SMILES string of the molecule is CC(=O)OC[C@H]1O[C@](O)(c2ccc(C)cc2)[C@H](OC(C)=O)[C@@H](OC(C)=O)[C@@H]1OC(C)=O. The van der Waals surface area contributed by atoms with Crippen molar-refractivity contribution >= 4 is 23.9 Å². The van der Waals surface area contributed by atoms with E-state index in [4.69, 9.17) is 23.7 Å². The Balaban J connectivity index is 2.62. The summed E-state index contributed by atoms with van der Waals surface area (Å²) in [6.45, 7) is 5.91. The van der Waals surface area contributed by atoms with Gasteiger partial charge in [-0.2, -0.15) is 0 Å². The van der Waals surface area contributed by atoms with Crippen LogP contribution in [0.15, 0.2) is 24.3 Å². The third-order valence-corrected chi connectivity index (χ3v) is 4.52. The van der Waals surface area contributed by atoms with Gasteiger partial charge in [-0.1, -0.05) is 29.8 Å². The molecule has 1 N–H and O–H groups in total. The van der Waals surface area contributed by atoms with E-state index in [-0.39, 0.29) is 5.56 Å². The number of benzene rings is 1. The van der Waals surface area contributed by atoms with Gasteiger partial charge in [0.2, 0.25) is 11.9 Å². The Morgan fingerprint density at radius 2 is 1.39 bits per heavy atom. The lowest BCUT2D eigenvalue weighted by Crippen LogP contribution is -2.66. The van der Waals surface area contributed by atoms with Gasteiger partial charge in [0, 0.05) is 33.3 Å². The molecule has 0 bridgehead atoms. The highest BCUT2D eigenvalue weighted by Crippen LogP contribution is 2.40. The first-order valence-electron chi connectivity index (χ1n) is 9.56. The molecule has 1 aliphatic heterocycles. The van der Waals surface area contributed by atoms with Crippen LogP contribution in [0.25, 0.3) is 0 Å². The quantitative estimate of drug-likeness (QED) is 0.504. The third kappa shape index (κ3) is 6.02. The van der Waals surface area contributed by atoms with Crippen molar-refractivity contribution in [3.8, 4) is 0 Å². The number of hydrogen-bond acceptors (Lipinski definition) is 10. The highest BCUT2D eigenvalue weighted by molar-refractivity contribution is 5.69. The van der Waals surface area contributed by atoms with Crippen molar-refractivity contribution in [1.29, 1.82) is 0 Å². The summed E-state index contributed by atoms with van der Waals surface area (Å²) in [7, 11) is 0. The maximum atomic E-state index is 11.8. The largest absolute Gasteiger partial charge is 0.463 e. The number of hydrogen-bond donors (Lipinski definition) is 1. The van der Waals surface area contributed by atoms with Crippen LogP contribution in [0.3, 0.4) is 0 Å². The van der Waals surface area contributed by atoms with Gasteiger partial charge in [0.05, 0.1) is 0 Å². The summed E-state index contributed by atoms with van der Waals surface area (Å²) in [6, 6.07) is 6.49. The molecule has 0 saturated carbocycles.